The van der Waals surface area contributed by atoms with Crippen molar-refractivity contribution in [2.24, 2.45) is 0 Å². The number of Topliss-reactive ketones (excluding diaryl/α,β-unsaturated/α-hetero) is 1. The Labute approximate surface area is 133 Å². The Morgan fingerprint density at radius 1 is 1.14 bits per heavy atom. The van der Waals surface area contributed by atoms with Crippen molar-refractivity contribution in [2.45, 2.75) is 12.8 Å². The average Bonchev–Trinajstić information content (AvgIpc) is 2.50. The molecule has 0 aliphatic heterocycles. The minimum Gasteiger partial charge on any atom is -0.497 e. The molecule has 2 aromatic carbocycles. The van der Waals surface area contributed by atoms with Gasteiger partial charge in [0.15, 0.2) is 5.78 Å². The number of halogens is 2. The fraction of sp³-hybridized carbons (Fsp3) is 0.188. The number of carbonyl (C=O) groups excluding carboxylic acids is 1. The number of rotatable bonds is 5. The number of ether oxygens (including phenoxy) is 1. The van der Waals surface area contributed by atoms with Crippen LogP contribution in [0.3, 0.4) is 0 Å². The molecule has 5 heteroatoms. The first-order valence-corrected chi connectivity index (χ1v) is 7.17. The third-order valence-corrected chi connectivity index (χ3v) is 3.83. The van der Waals surface area contributed by atoms with E-state index in [0.717, 1.165) is 11.3 Å². The molecule has 0 bridgehead atoms. The Morgan fingerprint density at radius 3 is 2.24 bits per heavy atom. The van der Waals surface area contributed by atoms with Gasteiger partial charge < -0.3 is 10.5 Å². The van der Waals surface area contributed by atoms with Gasteiger partial charge in [-0.25, -0.2) is 0 Å². The molecule has 0 aliphatic carbocycles. The lowest BCUT2D eigenvalue weighted by Crippen LogP contribution is -2.02. The van der Waals surface area contributed by atoms with E-state index in [2.05, 4.69) is 0 Å². The molecule has 0 aromatic heterocycles. The molecule has 110 valence electrons. The van der Waals surface area contributed by atoms with Gasteiger partial charge >= 0.3 is 0 Å². The number of methoxy groups -OCH3 is 1. The summed E-state index contributed by atoms with van der Waals surface area (Å²) in [6.07, 6.45) is 1.02. The molecule has 0 unspecified atom stereocenters. The lowest BCUT2D eigenvalue weighted by atomic mass is 10.0. The van der Waals surface area contributed by atoms with E-state index in [1.165, 1.54) is 0 Å². The molecule has 0 radical (unpaired) electrons. The van der Waals surface area contributed by atoms with Gasteiger partial charge in [-0.3, -0.25) is 4.79 Å². The minimum absolute atomic E-state index is 0.0189. The van der Waals surface area contributed by atoms with Crippen LogP contribution in [0.1, 0.15) is 22.3 Å². The largest absolute Gasteiger partial charge is 0.497 e. The molecular weight excluding hydrogens is 309 g/mol. The van der Waals surface area contributed by atoms with Crippen LogP contribution >= 0.6 is 23.2 Å². The van der Waals surface area contributed by atoms with Crippen molar-refractivity contribution in [3.63, 3.8) is 0 Å². The van der Waals surface area contributed by atoms with Crippen LogP contribution in [-0.4, -0.2) is 12.9 Å². The van der Waals surface area contributed by atoms with Crippen molar-refractivity contribution < 1.29 is 9.53 Å². The van der Waals surface area contributed by atoms with Crippen LogP contribution in [0, 0.1) is 0 Å². The maximum atomic E-state index is 12.2. The van der Waals surface area contributed by atoms with Gasteiger partial charge in [0.05, 0.1) is 22.8 Å². The van der Waals surface area contributed by atoms with E-state index in [4.69, 9.17) is 33.7 Å². The van der Waals surface area contributed by atoms with Crippen LogP contribution in [0.25, 0.3) is 0 Å². The average molecular weight is 324 g/mol. The number of ketones is 1. The Morgan fingerprint density at radius 2 is 1.71 bits per heavy atom. The summed E-state index contributed by atoms with van der Waals surface area (Å²) in [5, 5.41) is 0.602. The van der Waals surface area contributed by atoms with E-state index in [1.54, 1.807) is 19.2 Å². The lowest BCUT2D eigenvalue weighted by Gasteiger charge is -2.06. The van der Waals surface area contributed by atoms with Gasteiger partial charge in [0.1, 0.15) is 5.75 Å². The minimum atomic E-state index is -0.0189. The number of anilines is 1. The highest BCUT2D eigenvalue weighted by Crippen LogP contribution is 2.29. The number of nitrogen functional groups attached to an aromatic ring is 1. The summed E-state index contributed by atoms with van der Waals surface area (Å²) in [6, 6.07) is 10.7. The van der Waals surface area contributed by atoms with Gasteiger partial charge in [0.2, 0.25) is 0 Å². The number of carbonyl (C=O) groups is 1. The number of nitrogens with two attached hydrogens (primary N) is 1. The van der Waals surface area contributed by atoms with Gasteiger partial charge in [0.25, 0.3) is 0 Å². The van der Waals surface area contributed by atoms with Crippen molar-refractivity contribution in [1.29, 1.82) is 0 Å². The quantitative estimate of drug-likeness (QED) is 0.655. The maximum Gasteiger partial charge on any atom is 0.163 e. The van der Waals surface area contributed by atoms with Crippen LogP contribution in [0.2, 0.25) is 10.0 Å². The highest BCUT2D eigenvalue weighted by Gasteiger charge is 2.11. The fourth-order valence-corrected chi connectivity index (χ4v) is 2.43. The molecule has 0 heterocycles. The van der Waals surface area contributed by atoms with Crippen molar-refractivity contribution in [2.75, 3.05) is 12.8 Å². The Kier molecular flexibility index (Phi) is 5.10. The van der Waals surface area contributed by atoms with Crippen molar-refractivity contribution in [3.8, 4) is 5.75 Å². The molecule has 0 saturated carbocycles. The first-order valence-electron chi connectivity index (χ1n) is 6.42. The summed E-state index contributed by atoms with van der Waals surface area (Å²) in [5.41, 5.74) is 7.50. The Hall–Kier alpha value is -1.71. The molecular formula is C16H15Cl2NO2. The predicted molar refractivity (Wildman–Crippen MR) is 86.5 cm³/mol. The van der Waals surface area contributed by atoms with E-state index in [0.29, 0.717) is 34.1 Å². The van der Waals surface area contributed by atoms with E-state index < -0.39 is 0 Å². The molecule has 3 nitrogen and oxygen atoms in total. The topological polar surface area (TPSA) is 52.3 Å². The fourth-order valence-electron chi connectivity index (χ4n) is 1.94. The van der Waals surface area contributed by atoms with Crippen molar-refractivity contribution >= 4 is 34.7 Å². The SMILES string of the molecule is COc1ccc(CCC(=O)c2cc(Cl)c(N)c(Cl)c2)cc1. The zero-order valence-corrected chi connectivity index (χ0v) is 13.0. The van der Waals surface area contributed by atoms with Crippen LogP contribution in [0.4, 0.5) is 5.69 Å². The number of hydrogen-bond acceptors (Lipinski definition) is 3. The summed E-state index contributed by atoms with van der Waals surface area (Å²) in [5.74, 6) is 0.775. The highest BCUT2D eigenvalue weighted by atomic mass is 35.5. The predicted octanol–water partition coefficient (Wildman–Crippen LogP) is 4.40. The molecule has 0 aliphatic rings. The molecule has 0 spiro atoms. The van der Waals surface area contributed by atoms with Gasteiger partial charge in [-0.1, -0.05) is 35.3 Å². The number of benzene rings is 2. The second-order valence-corrected chi connectivity index (χ2v) is 5.44. The monoisotopic (exact) mass is 323 g/mol. The summed E-state index contributed by atoms with van der Waals surface area (Å²) < 4.78 is 5.09. The summed E-state index contributed by atoms with van der Waals surface area (Å²) >= 11 is 11.9. The van der Waals surface area contributed by atoms with E-state index in [9.17, 15) is 4.79 Å². The second kappa shape index (κ2) is 6.83. The van der Waals surface area contributed by atoms with Gasteiger partial charge in [-0.15, -0.1) is 0 Å². The Bertz CT molecular complexity index is 631. The van der Waals surface area contributed by atoms with Crippen LogP contribution in [-0.2, 0) is 6.42 Å². The Balaban J connectivity index is 2.04. The molecule has 0 atom stereocenters. The lowest BCUT2D eigenvalue weighted by molar-refractivity contribution is 0.0983. The number of hydrogen-bond donors (Lipinski definition) is 1. The second-order valence-electron chi connectivity index (χ2n) is 4.62. The van der Waals surface area contributed by atoms with Crippen LogP contribution < -0.4 is 10.5 Å². The van der Waals surface area contributed by atoms with Gasteiger partial charge in [-0.05, 0) is 36.2 Å². The third kappa shape index (κ3) is 3.90. The van der Waals surface area contributed by atoms with Crippen molar-refractivity contribution in [3.05, 3.63) is 57.6 Å². The standard InChI is InChI=1S/C16H15Cl2NO2/c1-21-12-5-2-10(3-6-12)4-7-15(20)11-8-13(17)16(19)14(18)9-11/h2-3,5-6,8-9H,4,7,19H2,1H3. The summed E-state index contributed by atoms with van der Waals surface area (Å²) in [7, 11) is 1.62. The van der Waals surface area contributed by atoms with Gasteiger partial charge in [0, 0.05) is 12.0 Å². The number of aryl methyl sites for hydroxylation is 1. The summed E-state index contributed by atoms with van der Waals surface area (Å²) in [6.45, 7) is 0. The third-order valence-electron chi connectivity index (χ3n) is 3.20. The van der Waals surface area contributed by atoms with Crippen LogP contribution in [0.15, 0.2) is 36.4 Å². The first-order chi connectivity index (χ1) is 10.0. The van der Waals surface area contributed by atoms with E-state index >= 15 is 0 Å². The van der Waals surface area contributed by atoms with Crippen molar-refractivity contribution in [1.82, 2.24) is 0 Å². The van der Waals surface area contributed by atoms with E-state index in [1.807, 2.05) is 24.3 Å². The molecule has 0 amide bonds. The molecule has 2 N–H and O–H groups in total. The molecule has 0 saturated heterocycles. The van der Waals surface area contributed by atoms with E-state index in [-0.39, 0.29) is 5.78 Å². The summed E-state index contributed by atoms with van der Waals surface area (Å²) in [4.78, 5) is 12.2. The van der Waals surface area contributed by atoms with Gasteiger partial charge in [-0.2, -0.15) is 0 Å². The molecule has 21 heavy (non-hydrogen) atoms. The van der Waals surface area contributed by atoms with Crippen LogP contribution in [0.5, 0.6) is 5.75 Å². The molecule has 2 aromatic rings. The molecule has 2 rings (SSSR count). The smallest absolute Gasteiger partial charge is 0.163 e. The maximum absolute atomic E-state index is 12.2. The zero-order valence-electron chi connectivity index (χ0n) is 11.5. The zero-order chi connectivity index (χ0) is 15.4. The highest BCUT2D eigenvalue weighted by molar-refractivity contribution is 6.39. The normalized spacial score (nSPS) is 10.4. The molecule has 0 fully saturated rings. The first kappa shape index (κ1) is 15.7.